The van der Waals surface area contributed by atoms with E-state index in [1.165, 1.54) is 38.5 Å². The van der Waals surface area contributed by atoms with E-state index in [9.17, 15) is 0 Å². The lowest BCUT2D eigenvalue weighted by Gasteiger charge is -2.37. The van der Waals surface area contributed by atoms with Crippen LogP contribution in [-0.4, -0.2) is 30.5 Å². The average Bonchev–Trinajstić information content (AvgIpc) is 2.24. The zero-order valence-corrected chi connectivity index (χ0v) is 9.84. The molecule has 0 unspecified atom stereocenters. The van der Waals surface area contributed by atoms with E-state index in [1.54, 1.807) is 0 Å². The first-order valence-corrected chi connectivity index (χ1v) is 6.25. The Morgan fingerprint density at radius 2 is 1.87 bits per heavy atom. The lowest BCUT2D eigenvalue weighted by molar-refractivity contribution is 0.173. The van der Waals surface area contributed by atoms with Crippen LogP contribution in [0.15, 0.2) is 4.99 Å². The quantitative estimate of drug-likeness (QED) is 0.558. The second-order valence-corrected chi connectivity index (χ2v) is 5.39. The van der Waals surface area contributed by atoms with E-state index >= 15 is 0 Å². The van der Waals surface area contributed by atoms with Gasteiger partial charge in [-0.25, -0.2) is 0 Å². The largest absolute Gasteiger partial charge is 0.370 e. The number of rotatable bonds is 2. The van der Waals surface area contributed by atoms with Crippen LogP contribution in [0.2, 0.25) is 0 Å². The zero-order valence-electron chi connectivity index (χ0n) is 9.84. The van der Waals surface area contributed by atoms with E-state index in [0.29, 0.717) is 5.41 Å². The minimum Gasteiger partial charge on any atom is -0.370 e. The molecule has 2 aliphatic rings. The summed E-state index contributed by atoms with van der Waals surface area (Å²) >= 11 is 0. The molecule has 15 heavy (non-hydrogen) atoms. The maximum atomic E-state index is 6.01. The van der Waals surface area contributed by atoms with Gasteiger partial charge in [0, 0.05) is 19.6 Å². The van der Waals surface area contributed by atoms with Gasteiger partial charge in [-0.15, -0.1) is 0 Å². The van der Waals surface area contributed by atoms with Crippen LogP contribution >= 0.6 is 0 Å². The normalized spacial score (nSPS) is 26.2. The van der Waals surface area contributed by atoms with Gasteiger partial charge >= 0.3 is 0 Å². The van der Waals surface area contributed by atoms with E-state index in [0.717, 1.165) is 25.6 Å². The van der Waals surface area contributed by atoms with Gasteiger partial charge in [0.05, 0.1) is 0 Å². The van der Waals surface area contributed by atoms with Crippen LogP contribution in [0.3, 0.4) is 0 Å². The summed E-state index contributed by atoms with van der Waals surface area (Å²) in [5.74, 6) is 0.780. The van der Waals surface area contributed by atoms with Crippen molar-refractivity contribution < 1.29 is 0 Å². The van der Waals surface area contributed by atoms with Crippen molar-refractivity contribution in [3.05, 3.63) is 0 Å². The van der Waals surface area contributed by atoms with Gasteiger partial charge in [0.1, 0.15) is 0 Å². The first-order valence-electron chi connectivity index (χ1n) is 6.25. The molecule has 0 spiro atoms. The summed E-state index contributed by atoms with van der Waals surface area (Å²) < 4.78 is 0. The standard InChI is InChI=1S/C12H23N3/c1-12(6-5-7-12)10-14-11(13)15-8-3-2-4-9-15/h2-10H2,1H3,(H2,13,14). The monoisotopic (exact) mass is 209 g/mol. The molecule has 3 heteroatoms. The van der Waals surface area contributed by atoms with Crippen LogP contribution in [0, 0.1) is 5.41 Å². The third-order valence-corrected chi connectivity index (χ3v) is 3.86. The van der Waals surface area contributed by atoms with Gasteiger partial charge in [-0.1, -0.05) is 13.3 Å². The molecular formula is C12H23N3. The number of nitrogens with zero attached hydrogens (tertiary/aromatic N) is 2. The van der Waals surface area contributed by atoms with Gasteiger partial charge in [0.2, 0.25) is 0 Å². The molecule has 1 saturated heterocycles. The van der Waals surface area contributed by atoms with Crippen molar-refractivity contribution >= 4 is 5.96 Å². The van der Waals surface area contributed by atoms with Crippen molar-refractivity contribution in [1.29, 1.82) is 0 Å². The van der Waals surface area contributed by atoms with E-state index < -0.39 is 0 Å². The maximum Gasteiger partial charge on any atom is 0.191 e. The number of guanidine groups is 1. The van der Waals surface area contributed by atoms with Crippen LogP contribution in [0.4, 0.5) is 0 Å². The summed E-state index contributed by atoms with van der Waals surface area (Å²) in [5, 5.41) is 0. The molecule has 0 atom stereocenters. The summed E-state index contributed by atoms with van der Waals surface area (Å²) in [4.78, 5) is 6.80. The highest BCUT2D eigenvalue weighted by molar-refractivity contribution is 5.78. The predicted octanol–water partition coefficient (Wildman–Crippen LogP) is 1.98. The Morgan fingerprint density at radius 3 is 2.40 bits per heavy atom. The summed E-state index contributed by atoms with van der Waals surface area (Å²) in [7, 11) is 0. The molecule has 1 aliphatic carbocycles. The minimum atomic E-state index is 0.459. The van der Waals surface area contributed by atoms with Crippen molar-refractivity contribution in [3.8, 4) is 0 Å². The molecule has 1 aliphatic heterocycles. The predicted molar refractivity (Wildman–Crippen MR) is 63.9 cm³/mol. The molecule has 2 fully saturated rings. The van der Waals surface area contributed by atoms with Crippen molar-refractivity contribution in [2.75, 3.05) is 19.6 Å². The second-order valence-electron chi connectivity index (χ2n) is 5.39. The SMILES string of the molecule is CC1(CN=C(N)N2CCCCC2)CCC1. The van der Waals surface area contributed by atoms with Crippen LogP contribution in [-0.2, 0) is 0 Å². The average molecular weight is 209 g/mol. The third kappa shape index (κ3) is 2.64. The smallest absolute Gasteiger partial charge is 0.191 e. The highest BCUT2D eigenvalue weighted by atomic mass is 15.3. The first-order chi connectivity index (χ1) is 7.20. The van der Waals surface area contributed by atoms with E-state index in [2.05, 4.69) is 16.8 Å². The van der Waals surface area contributed by atoms with Gasteiger partial charge in [0.25, 0.3) is 0 Å². The lowest BCUT2D eigenvalue weighted by atomic mass is 9.71. The fourth-order valence-electron chi connectivity index (χ4n) is 2.43. The summed E-state index contributed by atoms with van der Waals surface area (Å²) in [6.07, 6.45) is 7.91. The van der Waals surface area contributed by atoms with Gasteiger partial charge in [-0.05, 0) is 37.5 Å². The molecule has 0 bridgehead atoms. The second kappa shape index (κ2) is 4.42. The van der Waals surface area contributed by atoms with E-state index in [-0.39, 0.29) is 0 Å². The van der Waals surface area contributed by atoms with Crippen LogP contribution < -0.4 is 5.73 Å². The number of hydrogen-bond donors (Lipinski definition) is 1. The van der Waals surface area contributed by atoms with Gasteiger partial charge in [0.15, 0.2) is 5.96 Å². The Morgan fingerprint density at radius 1 is 1.20 bits per heavy atom. The Labute approximate surface area is 92.7 Å². The number of aliphatic imine (C=N–C) groups is 1. The van der Waals surface area contributed by atoms with Crippen molar-refractivity contribution in [1.82, 2.24) is 4.90 Å². The molecule has 3 nitrogen and oxygen atoms in total. The Hall–Kier alpha value is -0.730. The van der Waals surface area contributed by atoms with Crippen molar-refractivity contribution in [2.45, 2.75) is 45.4 Å². The van der Waals surface area contributed by atoms with Gasteiger partial charge in [-0.2, -0.15) is 0 Å². The number of nitrogens with two attached hydrogens (primary N) is 1. The number of piperidine rings is 1. The minimum absolute atomic E-state index is 0.459. The third-order valence-electron chi connectivity index (χ3n) is 3.86. The molecule has 0 aromatic carbocycles. The van der Waals surface area contributed by atoms with E-state index in [4.69, 9.17) is 5.73 Å². The van der Waals surface area contributed by atoms with E-state index in [1.807, 2.05) is 0 Å². The van der Waals surface area contributed by atoms with Crippen LogP contribution in [0.25, 0.3) is 0 Å². The highest BCUT2D eigenvalue weighted by Crippen LogP contribution is 2.40. The van der Waals surface area contributed by atoms with Crippen molar-refractivity contribution in [2.24, 2.45) is 16.1 Å². The molecule has 0 radical (unpaired) electrons. The Bertz CT molecular complexity index is 237. The fourth-order valence-corrected chi connectivity index (χ4v) is 2.43. The molecule has 1 heterocycles. The summed E-state index contributed by atoms with van der Waals surface area (Å²) in [6.45, 7) is 5.46. The molecule has 0 aromatic rings. The van der Waals surface area contributed by atoms with Crippen molar-refractivity contribution in [3.63, 3.8) is 0 Å². The van der Waals surface area contributed by atoms with Gasteiger partial charge < -0.3 is 10.6 Å². The zero-order chi connectivity index (χ0) is 10.7. The summed E-state index contributed by atoms with van der Waals surface area (Å²) in [5.41, 5.74) is 6.47. The molecule has 2 N–H and O–H groups in total. The van der Waals surface area contributed by atoms with Crippen LogP contribution in [0.5, 0.6) is 0 Å². The topological polar surface area (TPSA) is 41.6 Å². The van der Waals surface area contributed by atoms with Crippen LogP contribution in [0.1, 0.15) is 45.4 Å². The molecule has 1 saturated carbocycles. The fraction of sp³-hybridized carbons (Fsp3) is 0.917. The number of hydrogen-bond acceptors (Lipinski definition) is 1. The maximum absolute atomic E-state index is 6.01. The highest BCUT2D eigenvalue weighted by Gasteiger charge is 2.31. The Balaban J connectivity index is 1.82. The molecule has 0 aromatic heterocycles. The molecule has 86 valence electrons. The molecule has 2 rings (SSSR count). The molecule has 0 amide bonds. The van der Waals surface area contributed by atoms with Gasteiger partial charge in [-0.3, -0.25) is 4.99 Å². The lowest BCUT2D eigenvalue weighted by Crippen LogP contribution is -2.42. The summed E-state index contributed by atoms with van der Waals surface area (Å²) in [6, 6.07) is 0. The molecular weight excluding hydrogens is 186 g/mol. The first kappa shape index (κ1) is 10.8. The Kier molecular flexibility index (Phi) is 3.17. The number of likely N-dealkylation sites (tertiary alicyclic amines) is 1.